The number of phenolic OH excluding ortho intramolecular Hbond substituents is 1. The lowest BCUT2D eigenvalue weighted by Gasteiger charge is -2.23. The highest BCUT2D eigenvalue weighted by Crippen LogP contribution is 2.17. The van der Waals surface area contributed by atoms with Crippen LogP contribution in [-0.4, -0.2) is 24.7 Å². The molecule has 0 amide bonds. The fourth-order valence-electron chi connectivity index (χ4n) is 1.53. The Bertz CT molecular complexity index is 265. The van der Waals surface area contributed by atoms with Crippen molar-refractivity contribution < 1.29 is 5.11 Å². The third-order valence-corrected chi connectivity index (χ3v) is 2.27. The maximum Gasteiger partial charge on any atom is 0.115 e. The quantitative estimate of drug-likeness (QED) is 0.661. The fourth-order valence-corrected chi connectivity index (χ4v) is 1.53. The maximum atomic E-state index is 9.11. The normalized spacial score (nSPS) is 22.9. The summed E-state index contributed by atoms with van der Waals surface area (Å²) in [4.78, 5) is 0. The van der Waals surface area contributed by atoms with Gasteiger partial charge in [0.25, 0.3) is 0 Å². The molecule has 1 heterocycles. The number of nitrogens with one attached hydrogen (secondary N) is 1. The lowest BCUT2D eigenvalue weighted by molar-refractivity contribution is 0.423. The van der Waals surface area contributed by atoms with Crippen LogP contribution in [0.4, 0.5) is 0 Å². The summed E-state index contributed by atoms with van der Waals surface area (Å²) < 4.78 is 0. The largest absolute Gasteiger partial charge is 0.508 e. The van der Waals surface area contributed by atoms with Crippen molar-refractivity contribution in [1.82, 2.24) is 10.6 Å². The highest BCUT2D eigenvalue weighted by Gasteiger charge is 2.14. The molecule has 3 nitrogen and oxygen atoms in total. The molecule has 0 aliphatic carbocycles. The van der Waals surface area contributed by atoms with Crippen LogP contribution in [0.15, 0.2) is 24.3 Å². The second-order valence-electron chi connectivity index (χ2n) is 3.23. The van der Waals surface area contributed by atoms with Gasteiger partial charge in [-0.3, -0.25) is 0 Å². The minimum Gasteiger partial charge on any atom is -0.508 e. The molecule has 0 saturated carbocycles. The molecule has 3 heteroatoms. The molecule has 1 aliphatic rings. The summed E-state index contributed by atoms with van der Waals surface area (Å²) in [6.07, 6.45) is 0. The summed E-state index contributed by atoms with van der Waals surface area (Å²) in [5, 5.41) is 16.8. The summed E-state index contributed by atoms with van der Waals surface area (Å²) in [5.74, 6) is 0.316. The Labute approximate surface area is 77.8 Å². The number of nitrogens with zero attached hydrogens (tertiary/aromatic N) is 1. The van der Waals surface area contributed by atoms with E-state index >= 15 is 0 Å². The van der Waals surface area contributed by atoms with Crippen molar-refractivity contribution in [2.75, 3.05) is 19.6 Å². The molecule has 0 spiro atoms. The first-order valence-corrected chi connectivity index (χ1v) is 4.52. The van der Waals surface area contributed by atoms with Crippen LogP contribution in [0.2, 0.25) is 0 Å². The van der Waals surface area contributed by atoms with E-state index in [0.717, 1.165) is 19.6 Å². The van der Waals surface area contributed by atoms with Crippen LogP contribution in [-0.2, 0) is 0 Å². The van der Waals surface area contributed by atoms with E-state index in [4.69, 9.17) is 5.11 Å². The zero-order chi connectivity index (χ0) is 9.10. The average Bonchev–Trinajstić information content (AvgIpc) is 2.20. The van der Waals surface area contributed by atoms with Crippen molar-refractivity contribution in [3.8, 4) is 5.75 Å². The van der Waals surface area contributed by atoms with Crippen molar-refractivity contribution in [3.05, 3.63) is 29.8 Å². The molecule has 1 atom stereocenters. The maximum absolute atomic E-state index is 9.11. The van der Waals surface area contributed by atoms with Gasteiger partial charge in [-0.05, 0) is 17.7 Å². The summed E-state index contributed by atoms with van der Waals surface area (Å²) in [6.45, 7) is 2.70. The zero-order valence-electron chi connectivity index (χ0n) is 7.40. The van der Waals surface area contributed by atoms with Gasteiger partial charge in [0, 0.05) is 25.7 Å². The van der Waals surface area contributed by atoms with E-state index in [1.54, 1.807) is 12.1 Å². The van der Waals surface area contributed by atoms with Crippen LogP contribution in [0.3, 0.4) is 0 Å². The standard InChI is InChI=1S/C10H13N2O/c13-9-3-1-8(2-4-9)10-7-11-5-6-12-10/h1-4,10,12-13H,5-7H2. The molecule has 1 aromatic rings. The van der Waals surface area contributed by atoms with E-state index in [-0.39, 0.29) is 0 Å². The van der Waals surface area contributed by atoms with Crippen LogP contribution in [0.25, 0.3) is 0 Å². The monoisotopic (exact) mass is 177 g/mol. The number of benzene rings is 1. The highest BCUT2D eigenvalue weighted by atomic mass is 16.3. The number of hydrogen-bond donors (Lipinski definition) is 2. The van der Waals surface area contributed by atoms with Crippen LogP contribution in [0, 0.1) is 0 Å². The van der Waals surface area contributed by atoms with E-state index in [9.17, 15) is 0 Å². The number of piperazine rings is 1. The first-order valence-electron chi connectivity index (χ1n) is 4.52. The molecule has 0 bridgehead atoms. The SMILES string of the molecule is Oc1ccc(C2C[N]CCN2)cc1. The van der Waals surface area contributed by atoms with Gasteiger partial charge >= 0.3 is 0 Å². The van der Waals surface area contributed by atoms with Gasteiger partial charge in [-0.25, -0.2) is 5.32 Å². The topological polar surface area (TPSA) is 46.4 Å². The Balaban J connectivity index is 2.10. The Morgan fingerprint density at radius 2 is 2.08 bits per heavy atom. The number of hydrogen-bond acceptors (Lipinski definition) is 2. The molecule has 69 valence electrons. The lowest BCUT2D eigenvalue weighted by atomic mass is 10.1. The van der Waals surface area contributed by atoms with E-state index in [1.807, 2.05) is 12.1 Å². The van der Waals surface area contributed by atoms with Gasteiger partial charge in [-0.15, -0.1) is 0 Å². The van der Waals surface area contributed by atoms with Gasteiger partial charge in [0.05, 0.1) is 0 Å². The third-order valence-electron chi connectivity index (χ3n) is 2.27. The molecule has 1 saturated heterocycles. The molecular weight excluding hydrogens is 164 g/mol. The van der Waals surface area contributed by atoms with Gasteiger partial charge in [0.2, 0.25) is 0 Å². The molecule has 0 aromatic heterocycles. The van der Waals surface area contributed by atoms with Crippen molar-refractivity contribution in [3.63, 3.8) is 0 Å². The lowest BCUT2D eigenvalue weighted by Crippen LogP contribution is -2.38. The van der Waals surface area contributed by atoms with Crippen molar-refractivity contribution in [2.45, 2.75) is 6.04 Å². The van der Waals surface area contributed by atoms with Crippen LogP contribution in [0.1, 0.15) is 11.6 Å². The summed E-state index contributed by atoms with van der Waals surface area (Å²) in [7, 11) is 0. The molecule has 1 aliphatic heterocycles. The molecule has 2 N–H and O–H groups in total. The molecule has 13 heavy (non-hydrogen) atoms. The van der Waals surface area contributed by atoms with Crippen LogP contribution < -0.4 is 10.6 Å². The predicted octanol–water partition coefficient (Wildman–Crippen LogP) is 0.641. The summed E-state index contributed by atoms with van der Waals surface area (Å²) in [5.41, 5.74) is 1.20. The molecular formula is C10H13N2O. The molecule has 1 fully saturated rings. The second-order valence-corrected chi connectivity index (χ2v) is 3.23. The van der Waals surface area contributed by atoms with Gasteiger partial charge in [-0.1, -0.05) is 12.1 Å². The van der Waals surface area contributed by atoms with E-state index < -0.39 is 0 Å². The minimum atomic E-state index is 0.316. The van der Waals surface area contributed by atoms with Crippen molar-refractivity contribution in [1.29, 1.82) is 0 Å². The Hall–Kier alpha value is -1.06. The Morgan fingerprint density at radius 1 is 1.31 bits per heavy atom. The van der Waals surface area contributed by atoms with Crippen LogP contribution in [0.5, 0.6) is 5.75 Å². The van der Waals surface area contributed by atoms with Crippen molar-refractivity contribution >= 4 is 0 Å². The molecule has 1 aromatic carbocycles. The van der Waals surface area contributed by atoms with E-state index in [1.165, 1.54) is 5.56 Å². The fraction of sp³-hybridized carbons (Fsp3) is 0.400. The minimum absolute atomic E-state index is 0.316. The smallest absolute Gasteiger partial charge is 0.115 e. The first-order chi connectivity index (χ1) is 6.36. The van der Waals surface area contributed by atoms with Gasteiger partial charge in [0.15, 0.2) is 0 Å². The highest BCUT2D eigenvalue weighted by molar-refractivity contribution is 5.28. The van der Waals surface area contributed by atoms with Gasteiger partial charge in [0.1, 0.15) is 5.75 Å². The van der Waals surface area contributed by atoms with Gasteiger partial charge < -0.3 is 10.4 Å². The summed E-state index contributed by atoms with van der Waals surface area (Å²) in [6, 6.07) is 7.63. The van der Waals surface area contributed by atoms with Crippen LogP contribution >= 0.6 is 0 Å². The third kappa shape index (κ3) is 1.99. The molecule has 2 rings (SSSR count). The molecule has 1 unspecified atom stereocenters. The van der Waals surface area contributed by atoms with E-state index in [0.29, 0.717) is 11.8 Å². The number of phenols is 1. The Morgan fingerprint density at radius 3 is 2.69 bits per heavy atom. The van der Waals surface area contributed by atoms with Crippen molar-refractivity contribution in [2.24, 2.45) is 0 Å². The number of aromatic hydroxyl groups is 1. The number of rotatable bonds is 1. The first kappa shape index (κ1) is 8.53. The molecule has 1 radical (unpaired) electrons. The van der Waals surface area contributed by atoms with Gasteiger partial charge in [-0.2, -0.15) is 0 Å². The average molecular weight is 177 g/mol. The van der Waals surface area contributed by atoms with E-state index in [2.05, 4.69) is 10.6 Å². The Kier molecular flexibility index (Phi) is 2.47. The second kappa shape index (κ2) is 3.77. The predicted molar refractivity (Wildman–Crippen MR) is 50.7 cm³/mol. The summed E-state index contributed by atoms with van der Waals surface area (Å²) >= 11 is 0. The zero-order valence-corrected chi connectivity index (χ0v) is 7.40.